The van der Waals surface area contributed by atoms with Crippen molar-refractivity contribution in [1.29, 1.82) is 0 Å². The molecule has 2 fully saturated rings. The fraction of sp³-hybridized carbons (Fsp3) is 0.857. The van der Waals surface area contributed by atoms with Crippen LogP contribution >= 0.6 is 0 Å². The Balaban J connectivity index is 1.90. The Morgan fingerprint density at radius 2 is 2.11 bits per heavy atom. The third kappa shape index (κ3) is 3.19. The van der Waals surface area contributed by atoms with Gasteiger partial charge in [-0.25, -0.2) is 4.79 Å². The summed E-state index contributed by atoms with van der Waals surface area (Å²) in [5.74, 6) is 0.371. The lowest BCUT2D eigenvalue weighted by Crippen LogP contribution is -2.60. The average Bonchev–Trinajstić information content (AvgIpc) is 2.28. The number of piperazine rings is 1. The molecule has 108 valence electrons. The van der Waals surface area contributed by atoms with E-state index in [1.54, 1.807) is 4.90 Å². The van der Waals surface area contributed by atoms with Crippen molar-refractivity contribution in [3.05, 3.63) is 0 Å². The molecule has 0 aromatic carbocycles. The first-order chi connectivity index (χ1) is 8.99. The van der Waals surface area contributed by atoms with Crippen LogP contribution < -0.4 is 0 Å². The summed E-state index contributed by atoms with van der Waals surface area (Å²) in [6.07, 6.45) is 3.07. The molecule has 0 bridgehead atoms. The van der Waals surface area contributed by atoms with Gasteiger partial charge in [0, 0.05) is 12.6 Å². The van der Waals surface area contributed by atoms with Gasteiger partial charge in [-0.3, -0.25) is 9.69 Å². The molecule has 19 heavy (non-hydrogen) atoms. The first-order valence-electron chi connectivity index (χ1n) is 7.22. The monoisotopic (exact) mass is 268 g/mol. The molecular formula is C14H24N2O3. The summed E-state index contributed by atoms with van der Waals surface area (Å²) < 4.78 is 5.21. The molecule has 2 aliphatic rings. The Labute approximate surface area is 114 Å². The van der Waals surface area contributed by atoms with Gasteiger partial charge in [0.1, 0.15) is 6.54 Å². The smallest absolute Gasteiger partial charge is 0.410 e. The number of nitrogens with zero attached hydrogens (tertiary/aromatic N) is 2. The zero-order valence-electron chi connectivity index (χ0n) is 12.1. The highest BCUT2D eigenvalue weighted by Gasteiger charge is 2.38. The van der Waals surface area contributed by atoms with Gasteiger partial charge in [-0.15, -0.1) is 0 Å². The van der Waals surface area contributed by atoms with Crippen LogP contribution in [-0.4, -0.2) is 53.6 Å². The summed E-state index contributed by atoms with van der Waals surface area (Å²) in [6, 6.07) is 0.446. The van der Waals surface area contributed by atoms with Gasteiger partial charge in [-0.1, -0.05) is 13.8 Å². The summed E-state index contributed by atoms with van der Waals surface area (Å²) in [5, 5.41) is 0. The van der Waals surface area contributed by atoms with Crippen LogP contribution in [0.3, 0.4) is 0 Å². The standard InChI is InChI=1S/C14H24N2O3/c1-10(2)9-19-14(18)15-8-13(17)16(7-11(15)3)12-5-4-6-12/h10-12H,4-9H2,1-3H3. The van der Waals surface area contributed by atoms with Crippen LogP contribution in [0.15, 0.2) is 0 Å². The topological polar surface area (TPSA) is 49.9 Å². The van der Waals surface area contributed by atoms with E-state index in [1.165, 1.54) is 6.42 Å². The fourth-order valence-electron chi connectivity index (χ4n) is 2.49. The van der Waals surface area contributed by atoms with E-state index in [4.69, 9.17) is 4.74 Å². The summed E-state index contributed by atoms with van der Waals surface area (Å²) in [7, 11) is 0. The van der Waals surface area contributed by atoms with Crippen LogP contribution in [0.4, 0.5) is 4.79 Å². The second kappa shape index (κ2) is 5.80. The zero-order valence-corrected chi connectivity index (χ0v) is 12.1. The molecule has 1 heterocycles. The van der Waals surface area contributed by atoms with E-state index in [2.05, 4.69) is 0 Å². The molecule has 1 saturated carbocycles. The molecule has 2 rings (SSSR count). The van der Waals surface area contributed by atoms with Crippen molar-refractivity contribution in [3.8, 4) is 0 Å². The molecule has 5 nitrogen and oxygen atoms in total. The van der Waals surface area contributed by atoms with E-state index >= 15 is 0 Å². The SMILES string of the molecule is CC(C)COC(=O)N1CC(=O)N(C2CCC2)CC1C. The third-order valence-corrected chi connectivity index (χ3v) is 3.91. The van der Waals surface area contributed by atoms with Crippen LogP contribution in [-0.2, 0) is 9.53 Å². The van der Waals surface area contributed by atoms with Crippen molar-refractivity contribution in [2.75, 3.05) is 19.7 Å². The van der Waals surface area contributed by atoms with Gasteiger partial charge >= 0.3 is 6.09 Å². The van der Waals surface area contributed by atoms with Gasteiger partial charge < -0.3 is 9.64 Å². The first-order valence-corrected chi connectivity index (χ1v) is 7.22. The van der Waals surface area contributed by atoms with E-state index in [1.807, 2.05) is 25.7 Å². The number of carbonyl (C=O) groups excluding carboxylic acids is 2. The Morgan fingerprint density at radius 1 is 1.42 bits per heavy atom. The molecule has 2 amide bonds. The highest BCUT2D eigenvalue weighted by atomic mass is 16.6. The minimum atomic E-state index is -0.359. The van der Waals surface area contributed by atoms with Gasteiger partial charge in [0.2, 0.25) is 5.91 Å². The molecular weight excluding hydrogens is 244 g/mol. The molecule has 0 spiro atoms. The summed E-state index contributed by atoms with van der Waals surface area (Å²) >= 11 is 0. The maximum atomic E-state index is 12.1. The van der Waals surface area contributed by atoms with Crippen LogP contribution in [0.5, 0.6) is 0 Å². The summed E-state index contributed by atoms with van der Waals surface area (Å²) in [4.78, 5) is 27.6. The van der Waals surface area contributed by atoms with Crippen molar-refractivity contribution in [1.82, 2.24) is 9.80 Å². The first kappa shape index (κ1) is 14.2. The van der Waals surface area contributed by atoms with E-state index in [0.29, 0.717) is 25.1 Å². The number of amides is 2. The van der Waals surface area contributed by atoms with Gasteiger partial charge in [0.05, 0.1) is 12.6 Å². The van der Waals surface area contributed by atoms with Gasteiger partial charge in [0.15, 0.2) is 0 Å². The van der Waals surface area contributed by atoms with Gasteiger partial charge in [0.25, 0.3) is 0 Å². The second-order valence-corrected chi connectivity index (χ2v) is 6.08. The van der Waals surface area contributed by atoms with Gasteiger partial charge in [-0.05, 0) is 32.1 Å². The molecule has 5 heteroatoms. The van der Waals surface area contributed by atoms with Crippen molar-refractivity contribution in [3.63, 3.8) is 0 Å². The van der Waals surface area contributed by atoms with Crippen LogP contribution in [0.25, 0.3) is 0 Å². The molecule has 1 aliphatic carbocycles. The highest BCUT2D eigenvalue weighted by molar-refractivity contribution is 5.84. The number of hydrogen-bond acceptors (Lipinski definition) is 3. The molecule has 0 radical (unpaired) electrons. The zero-order chi connectivity index (χ0) is 14.0. The maximum absolute atomic E-state index is 12.1. The third-order valence-electron chi connectivity index (χ3n) is 3.91. The van der Waals surface area contributed by atoms with Crippen molar-refractivity contribution < 1.29 is 14.3 Å². The lowest BCUT2D eigenvalue weighted by molar-refractivity contribution is -0.142. The van der Waals surface area contributed by atoms with Crippen molar-refractivity contribution >= 4 is 12.0 Å². The minimum absolute atomic E-state index is 0.0398. The Bertz CT molecular complexity index is 353. The lowest BCUT2D eigenvalue weighted by atomic mass is 9.90. The minimum Gasteiger partial charge on any atom is -0.449 e. The van der Waals surface area contributed by atoms with E-state index < -0.39 is 0 Å². The molecule has 0 aromatic rings. The van der Waals surface area contributed by atoms with Crippen molar-refractivity contribution in [2.45, 2.75) is 52.1 Å². The molecule has 1 atom stereocenters. The predicted octanol–water partition coefficient (Wildman–Crippen LogP) is 1.86. The Kier molecular flexibility index (Phi) is 4.32. The van der Waals surface area contributed by atoms with Crippen LogP contribution in [0.2, 0.25) is 0 Å². The van der Waals surface area contributed by atoms with E-state index in [0.717, 1.165) is 12.8 Å². The number of hydrogen-bond donors (Lipinski definition) is 0. The number of ether oxygens (including phenoxy) is 1. The summed E-state index contributed by atoms with van der Waals surface area (Å²) in [6.45, 7) is 7.18. The van der Waals surface area contributed by atoms with Crippen LogP contribution in [0.1, 0.15) is 40.0 Å². The predicted molar refractivity (Wildman–Crippen MR) is 71.7 cm³/mol. The van der Waals surface area contributed by atoms with E-state index in [-0.39, 0.29) is 24.6 Å². The summed E-state index contributed by atoms with van der Waals surface area (Å²) in [5.41, 5.74) is 0. The molecule has 1 aliphatic heterocycles. The van der Waals surface area contributed by atoms with Crippen molar-refractivity contribution in [2.24, 2.45) is 5.92 Å². The lowest BCUT2D eigenvalue weighted by Gasteiger charge is -2.45. The molecule has 1 saturated heterocycles. The average molecular weight is 268 g/mol. The largest absolute Gasteiger partial charge is 0.449 e. The molecule has 0 aromatic heterocycles. The molecule has 0 N–H and O–H groups in total. The quantitative estimate of drug-likeness (QED) is 0.785. The Morgan fingerprint density at radius 3 is 2.63 bits per heavy atom. The van der Waals surface area contributed by atoms with E-state index in [9.17, 15) is 9.59 Å². The second-order valence-electron chi connectivity index (χ2n) is 6.08. The highest BCUT2D eigenvalue weighted by Crippen LogP contribution is 2.27. The number of carbonyl (C=O) groups is 2. The molecule has 1 unspecified atom stereocenters. The van der Waals surface area contributed by atoms with Gasteiger partial charge in [-0.2, -0.15) is 0 Å². The fourth-order valence-corrected chi connectivity index (χ4v) is 2.49. The van der Waals surface area contributed by atoms with Crippen LogP contribution in [0, 0.1) is 5.92 Å². The number of rotatable bonds is 3. The maximum Gasteiger partial charge on any atom is 0.410 e. The normalized spacial score (nSPS) is 24.6. The Hall–Kier alpha value is -1.26.